The summed E-state index contributed by atoms with van der Waals surface area (Å²) in [6.45, 7) is 25.7. The summed E-state index contributed by atoms with van der Waals surface area (Å²) in [5.41, 5.74) is 22.6. The molecule has 0 N–H and O–H groups in total. The standard InChI is InChI=1S/C63H55BN2OS/c1-60(2,3)34-20-24-37(25-21-34)66-48-30-41-38-26-22-36(62(7,8)9)29-50(38)67-51(41)32-44(48)55-54-40-17-12-14-18-45(40)63(10,11)57(54)56-43-28-35(61(4,5)6)23-27-47(43)65-49-31-42-39-16-13-15-19-52(39)68-53(42)33-46(49)64(66)58(55)59(56)65/h12-33H,1-11H3. The molecule has 0 bridgehead atoms. The molecule has 5 heteroatoms. The summed E-state index contributed by atoms with van der Waals surface area (Å²) in [5.74, 6) is 0. The molecule has 14 rings (SSSR count). The molecule has 3 aliphatic rings. The van der Waals surface area contributed by atoms with Gasteiger partial charge in [-0.05, 0) is 132 Å². The maximum absolute atomic E-state index is 7.05. The number of aromatic nitrogens is 1. The van der Waals surface area contributed by atoms with Crippen molar-refractivity contribution in [1.29, 1.82) is 0 Å². The molecule has 5 heterocycles. The van der Waals surface area contributed by atoms with Gasteiger partial charge in [0.1, 0.15) is 11.2 Å². The van der Waals surface area contributed by atoms with Crippen molar-refractivity contribution in [2.75, 3.05) is 4.81 Å². The maximum Gasteiger partial charge on any atom is 0.333 e. The lowest BCUT2D eigenvalue weighted by molar-refractivity contribution is 0.587. The van der Waals surface area contributed by atoms with Crippen molar-refractivity contribution in [3.8, 4) is 27.9 Å². The smallest absolute Gasteiger partial charge is 0.333 e. The second-order valence-electron chi connectivity index (χ2n) is 23.8. The van der Waals surface area contributed by atoms with E-state index in [1.165, 1.54) is 120 Å². The van der Waals surface area contributed by atoms with Crippen molar-refractivity contribution in [1.82, 2.24) is 4.57 Å². The van der Waals surface area contributed by atoms with Gasteiger partial charge in [-0.3, -0.25) is 0 Å². The highest BCUT2D eigenvalue weighted by Crippen LogP contribution is 2.60. The number of benzene rings is 8. The Morgan fingerprint density at radius 3 is 1.96 bits per heavy atom. The summed E-state index contributed by atoms with van der Waals surface area (Å²) in [6.07, 6.45) is 0. The molecule has 0 fully saturated rings. The molecule has 68 heavy (non-hydrogen) atoms. The highest BCUT2D eigenvalue weighted by Gasteiger charge is 2.50. The lowest BCUT2D eigenvalue weighted by atomic mass is 9.43. The van der Waals surface area contributed by atoms with E-state index in [0.717, 1.165) is 21.9 Å². The van der Waals surface area contributed by atoms with Gasteiger partial charge in [0.05, 0.1) is 11.0 Å². The Labute approximate surface area is 403 Å². The first-order valence-corrected chi connectivity index (χ1v) is 25.3. The van der Waals surface area contributed by atoms with E-state index in [0.29, 0.717) is 0 Å². The van der Waals surface area contributed by atoms with E-state index in [2.05, 4.69) is 219 Å². The zero-order chi connectivity index (χ0) is 46.7. The topological polar surface area (TPSA) is 21.3 Å². The van der Waals surface area contributed by atoms with Gasteiger partial charge in [-0.25, -0.2) is 0 Å². The van der Waals surface area contributed by atoms with Crippen LogP contribution < -0.4 is 15.7 Å². The highest BCUT2D eigenvalue weighted by molar-refractivity contribution is 7.26. The second kappa shape index (κ2) is 12.9. The van der Waals surface area contributed by atoms with Crippen LogP contribution in [0.15, 0.2) is 138 Å². The second-order valence-corrected chi connectivity index (χ2v) is 24.8. The molecule has 0 saturated heterocycles. The average Bonchev–Trinajstić information content (AvgIpc) is 4.02. The van der Waals surface area contributed by atoms with Crippen LogP contribution in [0.3, 0.4) is 0 Å². The summed E-state index contributed by atoms with van der Waals surface area (Å²) in [7, 11) is 0. The number of fused-ring (bicyclic) bond motifs is 19. The molecule has 3 aromatic heterocycles. The third-order valence-corrected chi connectivity index (χ3v) is 17.3. The summed E-state index contributed by atoms with van der Waals surface area (Å²) in [4.78, 5) is 2.71. The van der Waals surface area contributed by atoms with Crippen LogP contribution >= 0.6 is 11.3 Å². The van der Waals surface area contributed by atoms with Crippen molar-refractivity contribution in [2.24, 2.45) is 0 Å². The first-order valence-electron chi connectivity index (χ1n) is 24.5. The first-order chi connectivity index (χ1) is 32.4. The van der Waals surface area contributed by atoms with Crippen LogP contribution in [0.25, 0.3) is 91.9 Å². The van der Waals surface area contributed by atoms with Crippen molar-refractivity contribution in [2.45, 2.75) is 97.8 Å². The van der Waals surface area contributed by atoms with Gasteiger partial charge < -0.3 is 13.8 Å². The van der Waals surface area contributed by atoms with Crippen molar-refractivity contribution < 1.29 is 4.42 Å². The zero-order valence-electron chi connectivity index (χ0n) is 41.0. The molecule has 8 aromatic carbocycles. The van der Waals surface area contributed by atoms with Gasteiger partial charge in [0.25, 0.3) is 0 Å². The van der Waals surface area contributed by atoms with Crippen molar-refractivity contribution in [3.05, 3.63) is 161 Å². The van der Waals surface area contributed by atoms with Gasteiger partial charge in [0.15, 0.2) is 0 Å². The Balaban J connectivity index is 1.22. The van der Waals surface area contributed by atoms with Gasteiger partial charge >= 0.3 is 6.85 Å². The lowest BCUT2D eigenvalue weighted by Gasteiger charge is -2.43. The van der Waals surface area contributed by atoms with Crippen LogP contribution in [0.2, 0.25) is 0 Å². The van der Waals surface area contributed by atoms with E-state index in [9.17, 15) is 0 Å². The first kappa shape index (κ1) is 40.5. The van der Waals surface area contributed by atoms with E-state index in [1.807, 2.05) is 11.3 Å². The predicted molar refractivity (Wildman–Crippen MR) is 294 cm³/mol. The highest BCUT2D eigenvalue weighted by atomic mass is 32.1. The Morgan fingerprint density at radius 1 is 0.529 bits per heavy atom. The van der Waals surface area contributed by atoms with Crippen molar-refractivity contribution in [3.63, 3.8) is 0 Å². The molecule has 0 spiro atoms. The molecular formula is C63H55BN2OS. The summed E-state index contributed by atoms with van der Waals surface area (Å²) >= 11 is 1.92. The van der Waals surface area contributed by atoms with E-state index < -0.39 is 0 Å². The minimum Gasteiger partial charge on any atom is -0.456 e. The average molecular weight is 899 g/mol. The molecule has 1 aliphatic carbocycles. The third-order valence-electron chi connectivity index (χ3n) is 16.2. The Bertz CT molecular complexity index is 4060. The number of hydrogen-bond acceptors (Lipinski definition) is 3. The third kappa shape index (κ3) is 5.21. The van der Waals surface area contributed by atoms with Crippen molar-refractivity contribution >= 4 is 104 Å². The van der Waals surface area contributed by atoms with Crippen LogP contribution in [-0.2, 0) is 21.7 Å². The molecule has 2 aliphatic heterocycles. The fourth-order valence-corrected chi connectivity index (χ4v) is 13.8. The van der Waals surface area contributed by atoms with Crippen LogP contribution in [0.4, 0.5) is 11.4 Å². The van der Waals surface area contributed by atoms with E-state index in [-0.39, 0.29) is 28.5 Å². The number of furan rings is 1. The summed E-state index contributed by atoms with van der Waals surface area (Å²) < 4.78 is 12.4. The molecule has 0 amide bonds. The van der Waals surface area contributed by atoms with Gasteiger partial charge in [-0.1, -0.05) is 149 Å². The van der Waals surface area contributed by atoms with Crippen LogP contribution in [0, 0.1) is 0 Å². The minimum absolute atomic E-state index is 0.00468. The van der Waals surface area contributed by atoms with E-state index in [1.54, 1.807) is 0 Å². The quantitative estimate of drug-likeness (QED) is 0.153. The number of anilines is 2. The van der Waals surface area contributed by atoms with Gasteiger partial charge in [-0.15, -0.1) is 11.3 Å². The molecule has 0 atom stereocenters. The normalized spacial score (nSPS) is 15.0. The number of thiophene rings is 1. The fraction of sp³-hybridized carbons (Fsp3) is 0.238. The lowest BCUT2D eigenvalue weighted by Crippen LogP contribution is -2.60. The van der Waals surface area contributed by atoms with Crippen LogP contribution in [0.1, 0.15) is 104 Å². The molecule has 11 aromatic rings. The SMILES string of the molecule is CC(C)(C)c1ccc(N2B3c4cc5sc6ccccc6c5cc4-n4c5ccc(C(C)(C)C)cc5c5c6c(c(c3c54)-c3cc4oc5cc(C(C)(C)C)ccc5c4cc32)-c2ccccc2C6(C)C)cc1. The maximum atomic E-state index is 7.05. The minimum atomic E-state index is -0.270. The molecule has 0 saturated carbocycles. The molecule has 332 valence electrons. The zero-order valence-corrected chi connectivity index (χ0v) is 41.8. The predicted octanol–water partition coefficient (Wildman–Crippen LogP) is 16.5. The van der Waals surface area contributed by atoms with Gasteiger partial charge in [0, 0.05) is 69.8 Å². The summed E-state index contributed by atoms with van der Waals surface area (Å²) in [6, 6.07) is 52.0. The van der Waals surface area contributed by atoms with Crippen LogP contribution in [-0.4, -0.2) is 11.4 Å². The van der Waals surface area contributed by atoms with E-state index >= 15 is 0 Å². The number of hydrogen-bond donors (Lipinski definition) is 0. The number of nitrogens with zero attached hydrogens (tertiary/aromatic N) is 2. The largest absolute Gasteiger partial charge is 0.456 e. The molecule has 0 unspecified atom stereocenters. The monoisotopic (exact) mass is 898 g/mol. The van der Waals surface area contributed by atoms with Crippen LogP contribution in [0.5, 0.6) is 0 Å². The summed E-state index contributed by atoms with van der Waals surface area (Å²) in [5, 5.41) is 7.67. The molecular weight excluding hydrogens is 844 g/mol. The van der Waals surface area contributed by atoms with Gasteiger partial charge in [0.2, 0.25) is 0 Å². The molecule has 3 nitrogen and oxygen atoms in total. The number of rotatable bonds is 1. The Morgan fingerprint density at radius 2 is 1.19 bits per heavy atom. The Kier molecular flexibility index (Phi) is 7.71. The van der Waals surface area contributed by atoms with Gasteiger partial charge in [-0.2, -0.15) is 0 Å². The van der Waals surface area contributed by atoms with E-state index in [4.69, 9.17) is 4.42 Å². The Hall–Kier alpha value is -6.56. The molecule has 0 radical (unpaired) electrons. The fourth-order valence-electron chi connectivity index (χ4n) is 12.7.